The third kappa shape index (κ3) is 3.51. The monoisotopic (exact) mass is 294 g/mol. The van der Waals surface area contributed by atoms with Crippen molar-refractivity contribution < 1.29 is 19.1 Å². The van der Waals surface area contributed by atoms with E-state index in [4.69, 9.17) is 5.11 Å². The Balaban J connectivity index is 2.06. The molecule has 21 heavy (non-hydrogen) atoms. The highest BCUT2D eigenvalue weighted by molar-refractivity contribution is 5.92. The molecular formula is C15H19FN2O3. The maximum absolute atomic E-state index is 13.6. The minimum atomic E-state index is -1.33. The minimum Gasteiger partial charge on any atom is -0.478 e. The first-order chi connectivity index (χ1) is 9.88. The van der Waals surface area contributed by atoms with E-state index in [-0.39, 0.29) is 17.8 Å². The van der Waals surface area contributed by atoms with E-state index in [2.05, 4.69) is 12.2 Å². The smallest absolute Gasteiger partial charge is 0.338 e. The van der Waals surface area contributed by atoms with Crippen molar-refractivity contribution >= 4 is 17.7 Å². The second-order valence-corrected chi connectivity index (χ2v) is 5.60. The molecule has 2 atom stereocenters. The number of anilines is 1. The number of halogens is 1. The highest BCUT2D eigenvalue weighted by Gasteiger charge is 2.26. The molecule has 114 valence electrons. The van der Waals surface area contributed by atoms with E-state index in [0.29, 0.717) is 12.5 Å². The maximum atomic E-state index is 13.6. The van der Waals surface area contributed by atoms with Crippen LogP contribution in [0, 0.1) is 11.7 Å². The Labute approximate surface area is 122 Å². The Hall–Kier alpha value is -2.11. The van der Waals surface area contributed by atoms with Gasteiger partial charge in [-0.1, -0.05) is 6.92 Å². The van der Waals surface area contributed by atoms with Crippen molar-refractivity contribution in [3.8, 4) is 0 Å². The van der Waals surface area contributed by atoms with Gasteiger partial charge in [-0.15, -0.1) is 0 Å². The van der Waals surface area contributed by atoms with Gasteiger partial charge in [0.25, 0.3) is 0 Å². The summed E-state index contributed by atoms with van der Waals surface area (Å²) in [4.78, 5) is 24.7. The number of carbonyl (C=O) groups is 2. The number of carboxylic acid groups (broad SMARTS) is 1. The van der Waals surface area contributed by atoms with Crippen molar-refractivity contribution in [2.45, 2.75) is 32.7 Å². The average Bonchev–Trinajstić information content (AvgIpc) is 2.37. The lowest BCUT2D eigenvalue weighted by atomic mass is 9.94. The predicted molar refractivity (Wildman–Crippen MR) is 76.9 cm³/mol. The van der Waals surface area contributed by atoms with E-state index in [0.717, 1.165) is 25.0 Å². The highest BCUT2D eigenvalue weighted by atomic mass is 19.1. The van der Waals surface area contributed by atoms with E-state index in [9.17, 15) is 14.0 Å². The second-order valence-electron chi connectivity index (χ2n) is 5.60. The molecular weight excluding hydrogens is 275 g/mol. The van der Waals surface area contributed by atoms with Crippen LogP contribution in [0.3, 0.4) is 0 Å². The molecule has 5 nitrogen and oxygen atoms in total. The second kappa shape index (κ2) is 6.11. The van der Waals surface area contributed by atoms with Crippen molar-refractivity contribution in [3.63, 3.8) is 0 Å². The lowest BCUT2D eigenvalue weighted by Gasteiger charge is -2.36. The normalized spacial score (nSPS) is 22.0. The summed E-state index contributed by atoms with van der Waals surface area (Å²) in [7, 11) is 0. The fourth-order valence-electron chi connectivity index (χ4n) is 2.67. The van der Waals surface area contributed by atoms with Crippen LogP contribution in [0.2, 0.25) is 0 Å². The molecule has 1 aromatic rings. The SMILES string of the molecule is CC1CCN(C(=O)Nc2ccc(C(=O)O)c(F)c2)C(C)C1. The Morgan fingerprint density at radius 3 is 2.67 bits per heavy atom. The van der Waals surface area contributed by atoms with Crippen LogP contribution in [0.1, 0.15) is 37.0 Å². The first-order valence-electron chi connectivity index (χ1n) is 6.99. The fourth-order valence-corrected chi connectivity index (χ4v) is 2.67. The Morgan fingerprint density at radius 1 is 1.38 bits per heavy atom. The van der Waals surface area contributed by atoms with E-state index in [1.54, 1.807) is 4.90 Å². The van der Waals surface area contributed by atoms with Crippen LogP contribution >= 0.6 is 0 Å². The van der Waals surface area contributed by atoms with E-state index < -0.39 is 17.3 Å². The number of piperidine rings is 1. The van der Waals surface area contributed by atoms with Gasteiger partial charge in [-0.25, -0.2) is 14.0 Å². The van der Waals surface area contributed by atoms with Crippen LogP contribution in [0.5, 0.6) is 0 Å². The van der Waals surface area contributed by atoms with E-state index in [1.165, 1.54) is 6.07 Å². The van der Waals surface area contributed by atoms with Gasteiger partial charge >= 0.3 is 12.0 Å². The molecule has 0 spiro atoms. The maximum Gasteiger partial charge on any atom is 0.338 e. The van der Waals surface area contributed by atoms with Crippen LogP contribution in [0.4, 0.5) is 14.9 Å². The molecule has 0 aromatic heterocycles. The molecule has 1 heterocycles. The lowest BCUT2D eigenvalue weighted by molar-refractivity contribution is 0.0692. The zero-order chi connectivity index (χ0) is 15.6. The number of aromatic carboxylic acids is 1. The zero-order valence-corrected chi connectivity index (χ0v) is 12.1. The summed E-state index contributed by atoms with van der Waals surface area (Å²) in [6.07, 6.45) is 1.89. The minimum absolute atomic E-state index is 0.136. The topological polar surface area (TPSA) is 69.6 Å². The number of carboxylic acids is 1. The zero-order valence-electron chi connectivity index (χ0n) is 12.1. The van der Waals surface area contributed by atoms with Gasteiger partial charge in [0.15, 0.2) is 0 Å². The van der Waals surface area contributed by atoms with Crippen molar-refractivity contribution in [3.05, 3.63) is 29.6 Å². The third-order valence-corrected chi connectivity index (χ3v) is 3.85. The van der Waals surface area contributed by atoms with Crippen molar-refractivity contribution in [1.82, 2.24) is 4.90 Å². The number of benzene rings is 1. The Morgan fingerprint density at radius 2 is 2.10 bits per heavy atom. The number of rotatable bonds is 2. The molecule has 1 aromatic carbocycles. The molecule has 0 saturated carbocycles. The molecule has 1 saturated heterocycles. The van der Waals surface area contributed by atoms with E-state index in [1.807, 2.05) is 6.92 Å². The number of likely N-dealkylation sites (tertiary alicyclic amines) is 1. The first-order valence-corrected chi connectivity index (χ1v) is 6.99. The van der Waals surface area contributed by atoms with Gasteiger partial charge in [0, 0.05) is 18.3 Å². The van der Waals surface area contributed by atoms with Gasteiger partial charge in [0.2, 0.25) is 0 Å². The molecule has 2 rings (SSSR count). The standard InChI is InChI=1S/C15H19FN2O3/c1-9-5-6-18(10(2)7-9)15(21)17-11-3-4-12(14(19)20)13(16)8-11/h3-4,8-10H,5-7H2,1-2H3,(H,17,21)(H,19,20). The van der Waals surface area contributed by atoms with Gasteiger partial charge < -0.3 is 15.3 Å². The van der Waals surface area contributed by atoms with Gasteiger partial charge in [-0.05, 0) is 43.9 Å². The Bertz CT molecular complexity index is 562. The van der Waals surface area contributed by atoms with Crippen LogP contribution in [-0.2, 0) is 0 Å². The highest BCUT2D eigenvalue weighted by Crippen LogP contribution is 2.23. The molecule has 0 radical (unpaired) electrons. The molecule has 2 unspecified atom stereocenters. The number of carbonyl (C=O) groups excluding carboxylic acids is 1. The number of nitrogens with one attached hydrogen (secondary N) is 1. The number of urea groups is 1. The van der Waals surface area contributed by atoms with Crippen molar-refractivity contribution in [2.75, 3.05) is 11.9 Å². The fraction of sp³-hybridized carbons (Fsp3) is 0.467. The van der Waals surface area contributed by atoms with Crippen molar-refractivity contribution in [1.29, 1.82) is 0 Å². The number of nitrogens with zero attached hydrogens (tertiary/aromatic N) is 1. The predicted octanol–water partition coefficient (Wildman–Crippen LogP) is 3.18. The van der Waals surface area contributed by atoms with Gasteiger partial charge in [0.1, 0.15) is 5.82 Å². The van der Waals surface area contributed by atoms with Crippen molar-refractivity contribution in [2.24, 2.45) is 5.92 Å². The summed E-state index contributed by atoms with van der Waals surface area (Å²) < 4.78 is 13.6. The van der Waals surface area contributed by atoms with Gasteiger partial charge in [0.05, 0.1) is 5.56 Å². The molecule has 2 amide bonds. The summed E-state index contributed by atoms with van der Waals surface area (Å²) in [5.74, 6) is -1.60. The summed E-state index contributed by atoms with van der Waals surface area (Å²) in [5.41, 5.74) is -0.151. The lowest BCUT2D eigenvalue weighted by Crippen LogP contribution is -2.46. The molecule has 1 fully saturated rings. The average molecular weight is 294 g/mol. The van der Waals surface area contributed by atoms with Gasteiger partial charge in [-0.3, -0.25) is 0 Å². The number of hydrogen-bond donors (Lipinski definition) is 2. The quantitative estimate of drug-likeness (QED) is 0.880. The summed E-state index contributed by atoms with van der Waals surface area (Å²) in [5, 5.41) is 11.4. The summed E-state index contributed by atoms with van der Waals surface area (Å²) >= 11 is 0. The van der Waals surface area contributed by atoms with E-state index >= 15 is 0 Å². The molecule has 1 aliphatic rings. The first kappa shape index (κ1) is 15.3. The molecule has 2 N–H and O–H groups in total. The Kier molecular flexibility index (Phi) is 4.45. The number of hydrogen-bond acceptors (Lipinski definition) is 2. The molecule has 0 aliphatic carbocycles. The largest absolute Gasteiger partial charge is 0.478 e. The van der Waals surface area contributed by atoms with Crippen LogP contribution in [0.25, 0.3) is 0 Å². The van der Waals surface area contributed by atoms with Crippen LogP contribution < -0.4 is 5.32 Å². The summed E-state index contributed by atoms with van der Waals surface area (Å²) in [6.45, 7) is 4.82. The number of amides is 2. The van der Waals surface area contributed by atoms with Crippen LogP contribution in [0.15, 0.2) is 18.2 Å². The van der Waals surface area contributed by atoms with Crippen LogP contribution in [-0.4, -0.2) is 34.6 Å². The third-order valence-electron chi connectivity index (χ3n) is 3.85. The molecule has 6 heteroatoms. The summed E-state index contributed by atoms with van der Waals surface area (Å²) in [6, 6.07) is 3.42. The molecule has 1 aliphatic heterocycles. The molecule has 0 bridgehead atoms. The van der Waals surface area contributed by atoms with Gasteiger partial charge in [-0.2, -0.15) is 0 Å².